The molecule has 0 atom stereocenters. The van der Waals surface area contributed by atoms with Gasteiger partial charge in [-0.05, 0) is 34.8 Å². The van der Waals surface area contributed by atoms with Gasteiger partial charge in [-0.15, -0.1) is 11.3 Å². The molecule has 0 saturated heterocycles. The number of rotatable bonds is 5. The van der Waals surface area contributed by atoms with Crippen LogP contribution < -0.4 is 5.32 Å². The number of thiophene rings is 1. The van der Waals surface area contributed by atoms with Gasteiger partial charge in [0.25, 0.3) is 0 Å². The minimum atomic E-state index is 0.146. The van der Waals surface area contributed by atoms with E-state index in [-0.39, 0.29) is 5.41 Å². The minimum absolute atomic E-state index is 0.146. The Hall–Kier alpha value is 0.1000. The first kappa shape index (κ1) is 13.5. The molecule has 0 radical (unpaired) electrons. The number of hydrogen-bond donors (Lipinski definition) is 2. The number of aliphatic hydroxyl groups is 1. The van der Waals surface area contributed by atoms with Gasteiger partial charge >= 0.3 is 0 Å². The summed E-state index contributed by atoms with van der Waals surface area (Å²) < 4.78 is 1.16. The van der Waals surface area contributed by atoms with Gasteiger partial charge in [-0.1, -0.05) is 19.3 Å². The lowest BCUT2D eigenvalue weighted by atomic mass is 9.74. The van der Waals surface area contributed by atoms with Crippen LogP contribution in [0.5, 0.6) is 0 Å². The summed E-state index contributed by atoms with van der Waals surface area (Å²) in [5.41, 5.74) is 0.146. The molecule has 1 aromatic heterocycles. The van der Waals surface area contributed by atoms with Crippen molar-refractivity contribution in [2.75, 3.05) is 13.2 Å². The zero-order valence-electron chi connectivity index (χ0n) is 10.0. The zero-order chi connectivity index (χ0) is 12.1. The van der Waals surface area contributed by atoms with Gasteiger partial charge in [0.2, 0.25) is 0 Å². The highest BCUT2D eigenvalue weighted by Gasteiger charge is 2.30. The molecule has 0 spiro atoms. The maximum Gasteiger partial charge on any atom is 0.0499 e. The normalized spacial score (nSPS) is 19.4. The van der Waals surface area contributed by atoms with Crippen LogP contribution in [0.4, 0.5) is 0 Å². The molecule has 2 nitrogen and oxygen atoms in total. The highest BCUT2D eigenvalue weighted by atomic mass is 79.9. The highest BCUT2D eigenvalue weighted by molar-refractivity contribution is 9.10. The van der Waals surface area contributed by atoms with Gasteiger partial charge in [-0.2, -0.15) is 0 Å². The Morgan fingerprint density at radius 3 is 2.71 bits per heavy atom. The molecule has 1 aromatic rings. The van der Waals surface area contributed by atoms with Crippen molar-refractivity contribution >= 4 is 27.3 Å². The van der Waals surface area contributed by atoms with Crippen LogP contribution >= 0.6 is 27.3 Å². The molecule has 17 heavy (non-hydrogen) atoms. The second-order valence-electron chi connectivity index (χ2n) is 5.05. The maximum absolute atomic E-state index is 9.60. The van der Waals surface area contributed by atoms with Crippen LogP contribution in [0.3, 0.4) is 0 Å². The average Bonchev–Trinajstić information content (AvgIpc) is 2.76. The van der Waals surface area contributed by atoms with E-state index in [0.29, 0.717) is 6.61 Å². The van der Waals surface area contributed by atoms with Crippen molar-refractivity contribution < 1.29 is 5.11 Å². The molecule has 0 aliphatic heterocycles. The number of nitrogens with one attached hydrogen (secondary N) is 1. The third-order valence-corrected chi connectivity index (χ3v) is 5.37. The largest absolute Gasteiger partial charge is 0.396 e. The fourth-order valence-corrected chi connectivity index (χ4v) is 4.01. The Bertz CT molecular complexity index is 347. The maximum atomic E-state index is 9.60. The van der Waals surface area contributed by atoms with Crippen molar-refractivity contribution in [3.63, 3.8) is 0 Å². The molecule has 0 unspecified atom stereocenters. The molecule has 1 aliphatic carbocycles. The van der Waals surface area contributed by atoms with Gasteiger partial charge in [0.05, 0.1) is 0 Å². The van der Waals surface area contributed by atoms with Crippen LogP contribution in [0, 0.1) is 5.41 Å². The van der Waals surface area contributed by atoms with E-state index in [1.165, 1.54) is 37.0 Å². The van der Waals surface area contributed by atoms with Crippen LogP contribution in [0.1, 0.15) is 37.0 Å². The van der Waals surface area contributed by atoms with Gasteiger partial charge < -0.3 is 10.4 Å². The number of halogens is 1. The summed E-state index contributed by atoms with van der Waals surface area (Å²) in [6.07, 6.45) is 6.22. The zero-order valence-corrected chi connectivity index (χ0v) is 12.4. The van der Waals surface area contributed by atoms with Crippen molar-refractivity contribution in [2.45, 2.75) is 38.6 Å². The van der Waals surface area contributed by atoms with E-state index in [1.54, 1.807) is 11.3 Å². The Balaban J connectivity index is 1.79. The summed E-state index contributed by atoms with van der Waals surface area (Å²) in [4.78, 5) is 1.35. The van der Waals surface area contributed by atoms with Crippen molar-refractivity contribution in [1.82, 2.24) is 5.32 Å². The fourth-order valence-electron chi connectivity index (χ4n) is 2.59. The summed E-state index contributed by atoms with van der Waals surface area (Å²) in [6, 6.07) is 2.16. The predicted molar refractivity (Wildman–Crippen MR) is 76.3 cm³/mol. The van der Waals surface area contributed by atoms with E-state index in [9.17, 15) is 5.11 Å². The first-order valence-corrected chi connectivity index (χ1v) is 7.96. The smallest absolute Gasteiger partial charge is 0.0499 e. The molecule has 1 heterocycles. The highest BCUT2D eigenvalue weighted by Crippen LogP contribution is 2.35. The molecule has 1 aliphatic rings. The van der Waals surface area contributed by atoms with E-state index in [0.717, 1.165) is 17.6 Å². The van der Waals surface area contributed by atoms with E-state index < -0.39 is 0 Å². The Kier molecular flexibility index (Phi) is 5.03. The topological polar surface area (TPSA) is 32.3 Å². The lowest BCUT2D eigenvalue weighted by Gasteiger charge is -2.35. The van der Waals surface area contributed by atoms with Crippen LogP contribution in [0.15, 0.2) is 15.9 Å². The van der Waals surface area contributed by atoms with E-state index in [4.69, 9.17) is 0 Å². The molecule has 0 bridgehead atoms. The molecule has 2 N–H and O–H groups in total. The molecule has 4 heteroatoms. The predicted octanol–water partition coefficient (Wildman–Crippen LogP) is 3.54. The van der Waals surface area contributed by atoms with E-state index in [1.807, 2.05) is 0 Å². The summed E-state index contributed by atoms with van der Waals surface area (Å²) >= 11 is 5.24. The molecule has 0 aromatic carbocycles. The summed E-state index contributed by atoms with van der Waals surface area (Å²) in [7, 11) is 0. The SMILES string of the molecule is OCC1(CNCc2cc(Br)cs2)CCCCC1. The van der Waals surface area contributed by atoms with Crippen LogP contribution in [-0.4, -0.2) is 18.3 Å². The van der Waals surface area contributed by atoms with Gasteiger partial charge in [-0.3, -0.25) is 0 Å². The van der Waals surface area contributed by atoms with Crippen LogP contribution in [0.2, 0.25) is 0 Å². The molecule has 2 rings (SSSR count). The third kappa shape index (κ3) is 3.78. The quantitative estimate of drug-likeness (QED) is 0.870. The Labute approximate surface area is 116 Å². The fraction of sp³-hybridized carbons (Fsp3) is 0.692. The van der Waals surface area contributed by atoms with Crippen molar-refractivity contribution in [3.05, 3.63) is 20.8 Å². The van der Waals surface area contributed by atoms with Gasteiger partial charge in [-0.25, -0.2) is 0 Å². The van der Waals surface area contributed by atoms with Crippen LogP contribution in [0.25, 0.3) is 0 Å². The molecule has 1 fully saturated rings. The minimum Gasteiger partial charge on any atom is -0.396 e. The molecule has 0 amide bonds. The number of aliphatic hydroxyl groups excluding tert-OH is 1. The van der Waals surface area contributed by atoms with Gasteiger partial charge in [0, 0.05) is 39.8 Å². The molecule has 1 saturated carbocycles. The third-order valence-electron chi connectivity index (χ3n) is 3.67. The standard InChI is InChI=1S/C13H20BrNOS/c14-11-6-12(17-8-11)7-15-9-13(10-16)4-2-1-3-5-13/h6,8,15-16H,1-5,7,9-10H2. The summed E-state index contributed by atoms with van der Waals surface area (Å²) in [5.74, 6) is 0. The average molecular weight is 318 g/mol. The molecular weight excluding hydrogens is 298 g/mol. The second-order valence-corrected chi connectivity index (χ2v) is 6.97. The van der Waals surface area contributed by atoms with E-state index in [2.05, 4.69) is 32.7 Å². The monoisotopic (exact) mass is 317 g/mol. The van der Waals surface area contributed by atoms with Gasteiger partial charge in [0.15, 0.2) is 0 Å². The van der Waals surface area contributed by atoms with E-state index >= 15 is 0 Å². The molecule has 96 valence electrons. The van der Waals surface area contributed by atoms with Crippen molar-refractivity contribution in [2.24, 2.45) is 5.41 Å². The van der Waals surface area contributed by atoms with Gasteiger partial charge in [0.1, 0.15) is 0 Å². The lowest BCUT2D eigenvalue weighted by Crippen LogP contribution is -2.38. The summed E-state index contributed by atoms with van der Waals surface area (Å²) in [6.45, 7) is 2.19. The van der Waals surface area contributed by atoms with Crippen molar-refractivity contribution in [1.29, 1.82) is 0 Å². The molecular formula is C13H20BrNOS. The first-order chi connectivity index (χ1) is 8.24. The van der Waals surface area contributed by atoms with Crippen molar-refractivity contribution in [3.8, 4) is 0 Å². The first-order valence-electron chi connectivity index (χ1n) is 6.29. The second kappa shape index (κ2) is 6.32. The lowest BCUT2D eigenvalue weighted by molar-refractivity contribution is 0.0811. The number of hydrogen-bond acceptors (Lipinski definition) is 3. The summed E-state index contributed by atoms with van der Waals surface area (Å²) in [5, 5.41) is 15.2. The Morgan fingerprint density at radius 2 is 2.12 bits per heavy atom. The van der Waals surface area contributed by atoms with Crippen LogP contribution in [-0.2, 0) is 6.54 Å². The Morgan fingerprint density at radius 1 is 1.35 bits per heavy atom.